The first-order chi connectivity index (χ1) is 10.0. The number of nitrogens with zero attached hydrogens (tertiary/aromatic N) is 2. The van der Waals surface area contributed by atoms with Crippen molar-refractivity contribution in [3.63, 3.8) is 0 Å². The van der Waals surface area contributed by atoms with Crippen molar-refractivity contribution in [1.82, 2.24) is 9.55 Å². The highest BCUT2D eigenvalue weighted by molar-refractivity contribution is 7.16. The number of nitriles is 1. The van der Waals surface area contributed by atoms with Crippen LogP contribution >= 0.6 is 11.3 Å². The maximum atomic E-state index is 12.0. The second-order valence-corrected chi connectivity index (χ2v) is 6.41. The highest BCUT2D eigenvalue weighted by atomic mass is 32.1. The van der Waals surface area contributed by atoms with Crippen LogP contribution in [-0.4, -0.2) is 9.55 Å². The van der Waals surface area contributed by atoms with Crippen LogP contribution in [0.3, 0.4) is 0 Å². The van der Waals surface area contributed by atoms with Gasteiger partial charge in [-0.15, -0.1) is 11.3 Å². The van der Waals surface area contributed by atoms with Gasteiger partial charge in [-0.2, -0.15) is 5.26 Å². The second kappa shape index (κ2) is 4.90. The lowest BCUT2D eigenvalue weighted by molar-refractivity contribution is 0.598. The first-order valence-corrected chi connectivity index (χ1v) is 7.58. The Bertz CT molecular complexity index is 921. The Labute approximate surface area is 126 Å². The lowest BCUT2D eigenvalue weighted by Gasteiger charge is -2.08. The van der Waals surface area contributed by atoms with Crippen LogP contribution in [0.15, 0.2) is 29.1 Å². The lowest BCUT2D eigenvalue weighted by atomic mass is 10.1. The maximum Gasteiger partial charge on any atom is 0.326 e. The molecule has 0 unspecified atom stereocenters. The van der Waals surface area contributed by atoms with Gasteiger partial charge in [0.25, 0.3) is 0 Å². The highest BCUT2D eigenvalue weighted by Crippen LogP contribution is 2.33. The first kappa shape index (κ1) is 13.7. The van der Waals surface area contributed by atoms with Gasteiger partial charge in [-0.05, 0) is 50.1 Å². The Hall–Kier alpha value is -2.32. The first-order valence-electron chi connectivity index (χ1n) is 6.76. The molecule has 0 aliphatic rings. The van der Waals surface area contributed by atoms with E-state index in [2.05, 4.69) is 11.1 Å². The molecule has 0 aliphatic heterocycles. The lowest BCUT2D eigenvalue weighted by Crippen LogP contribution is -2.18. The smallest absolute Gasteiger partial charge is 0.306 e. The fourth-order valence-corrected chi connectivity index (χ4v) is 3.57. The number of hydrogen-bond acceptors (Lipinski definition) is 3. The van der Waals surface area contributed by atoms with E-state index in [1.807, 2.05) is 45.0 Å². The zero-order valence-electron chi connectivity index (χ0n) is 12.1. The van der Waals surface area contributed by atoms with E-state index in [0.717, 1.165) is 27.0 Å². The molecule has 4 nitrogen and oxygen atoms in total. The molecule has 106 valence electrons. The van der Waals surface area contributed by atoms with Crippen molar-refractivity contribution in [2.24, 2.45) is 0 Å². The molecule has 5 heteroatoms. The van der Waals surface area contributed by atoms with Crippen molar-refractivity contribution >= 4 is 22.4 Å². The minimum atomic E-state index is -0.0854. The quantitative estimate of drug-likeness (QED) is 0.781. The summed E-state index contributed by atoms with van der Waals surface area (Å²) < 4.78 is 1.76. The summed E-state index contributed by atoms with van der Waals surface area (Å²) in [6, 6.07) is 10.1. The Balaban J connectivity index is 2.25. The maximum absolute atomic E-state index is 12.0. The molecule has 1 N–H and O–H groups in total. The van der Waals surface area contributed by atoms with Crippen molar-refractivity contribution in [2.75, 3.05) is 0 Å². The van der Waals surface area contributed by atoms with Gasteiger partial charge in [0.2, 0.25) is 0 Å². The number of thiophene rings is 1. The van der Waals surface area contributed by atoms with Gasteiger partial charge < -0.3 is 4.98 Å². The van der Waals surface area contributed by atoms with Crippen LogP contribution in [-0.2, 0) is 0 Å². The van der Waals surface area contributed by atoms with E-state index in [4.69, 9.17) is 5.26 Å². The topological polar surface area (TPSA) is 61.6 Å². The Kier molecular flexibility index (Phi) is 3.19. The van der Waals surface area contributed by atoms with Gasteiger partial charge in [0.1, 0.15) is 10.9 Å². The molecule has 0 atom stereocenters. The molecule has 0 radical (unpaired) electrons. The zero-order valence-corrected chi connectivity index (χ0v) is 12.9. The standard InChI is InChI=1S/C16H15N3OS/c1-9(2)19-14-7-11(4-5-13(14)18-16(19)20)15-10(3)6-12(8-17)21-15/h4-7,9H,1-3H3,(H,18,20). The second-order valence-electron chi connectivity index (χ2n) is 5.36. The van der Waals surface area contributed by atoms with Crippen LogP contribution in [0.25, 0.3) is 21.5 Å². The van der Waals surface area contributed by atoms with E-state index in [1.165, 1.54) is 11.3 Å². The minimum absolute atomic E-state index is 0.0854. The molecule has 0 amide bonds. The number of hydrogen-bond donors (Lipinski definition) is 1. The normalized spacial score (nSPS) is 11.2. The number of rotatable bonds is 2. The number of aromatic nitrogens is 2. The number of nitrogens with one attached hydrogen (secondary N) is 1. The van der Waals surface area contributed by atoms with Crippen LogP contribution in [0.4, 0.5) is 0 Å². The third kappa shape index (κ3) is 2.18. The molecule has 2 heterocycles. The van der Waals surface area contributed by atoms with E-state index >= 15 is 0 Å². The highest BCUT2D eigenvalue weighted by Gasteiger charge is 2.13. The monoisotopic (exact) mass is 297 g/mol. The Morgan fingerprint density at radius 1 is 1.33 bits per heavy atom. The average Bonchev–Trinajstić information content (AvgIpc) is 2.96. The molecule has 3 rings (SSSR count). The zero-order chi connectivity index (χ0) is 15.1. The van der Waals surface area contributed by atoms with Gasteiger partial charge in [0, 0.05) is 10.9 Å². The third-order valence-electron chi connectivity index (χ3n) is 3.52. The van der Waals surface area contributed by atoms with Gasteiger partial charge in [-0.25, -0.2) is 4.79 Å². The summed E-state index contributed by atoms with van der Waals surface area (Å²) in [5, 5.41) is 9.02. The SMILES string of the molecule is Cc1cc(C#N)sc1-c1ccc2[nH]c(=O)n(C(C)C)c2c1. The van der Waals surface area contributed by atoms with Crippen LogP contribution in [0.2, 0.25) is 0 Å². The predicted octanol–water partition coefficient (Wildman–Crippen LogP) is 3.82. The van der Waals surface area contributed by atoms with E-state index in [0.29, 0.717) is 4.88 Å². The summed E-state index contributed by atoms with van der Waals surface area (Å²) in [5.41, 5.74) is 3.79. The van der Waals surface area contributed by atoms with E-state index in [1.54, 1.807) is 4.57 Å². The number of imidazole rings is 1. The Morgan fingerprint density at radius 3 is 2.71 bits per heavy atom. The Morgan fingerprint density at radius 2 is 2.10 bits per heavy atom. The third-order valence-corrected chi connectivity index (χ3v) is 4.72. The molecule has 0 saturated heterocycles. The van der Waals surface area contributed by atoms with E-state index in [9.17, 15) is 4.79 Å². The summed E-state index contributed by atoms with van der Waals surface area (Å²) >= 11 is 1.48. The molecule has 0 saturated carbocycles. The summed E-state index contributed by atoms with van der Waals surface area (Å²) in [7, 11) is 0. The van der Waals surface area contributed by atoms with Crippen LogP contribution in [0.1, 0.15) is 30.3 Å². The van der Waals surface area contributed by atoms with Gasteiger partial charge in [-0.1, -0.05) is 6.07 Å². The van der Waals surface area contributed by atoms with Crippen molar-refractivity contribution in [2.45, 2.75) is 26.8 Å². The number of fused-ring (bicyclic) bond motifs is 1. The summed E-state index contributed by atoms with van der Waals surface area (Å²) in [4.78, 5) is 16.7. The van der Waals surface area contributed by atoms with Crippen molar-refractivity contribution < 1.29 is 0 Å². The van der Waals surface area contributed by atoms with Gasteiger partial charge in [0.05, 0.1) is 11.0 Å². The van der Waals surface area contributed by atoms with Crippen molar-refractivity contribution in [1.29, 1.82) is 5.26 Å². The van der Waals surface area contributed by atoms with Gasteiger partial charge in [-0.3, -0.25) is 4.57 Å². The van der Waals surface area contributed by atoms with E-state index < -0.39 is 0 Å². The molecule has 0 fully saturated rings. The summed E-state index contributed by atoms with van der Waals surface area (Å²) in [5.74, 6) is 0. The summed E-state index contributed by atoms with van der Waals surface area (Å²) in [6.07, 6.45) is 0. The van der Waals surface area contributed by atoms with Crippen LogP contribution in [0.5, 0.6) is 0 Å². The van der Waals surface area contributed by atoms with Crippen LogP contribution in [0, 0.1) is 18.3 Å². The summed E-state index contributed by atoms with van der Waals surface area (Å²) in [6.45, 7) is 5.99. The van der Waals surface area contributed by atoms with Gasteiger partial charge >= 0.3 is 5.69 Å². The number of H-pyrrole nitrogens is 1. The molecular formula is C16H15N3OS. The molecule has 21 heavy (non-hydrogen) atoms. The molecule has 3 aromatic rings. The molecule has 0 bridgehead atoms. The average molecular weight is 297 g/mol. The molecule has 2 aromatic heterocycles. The fourth-order valence-electron chi connectivity index (χ4n) is 2.60. The fraction of sp³-hybridized carbons (Fsp3) is 0.250. The number of aromatic amines is 1. The number of aryl methyl sites for hydroxylation is 1. The molecule has 0 aliphatic carbocycles. The number of benzene rings is 1. The largest absolute Gasteiger partial charge is 0.326 e. The molecular weight excluding hydrogens is 282 g/mol. The molecule has 0 spiro atoms. The predicted molar refractivity (Wildman–Crippen MR) is 85.7 cm³/mol. The van der Waals surface area contributed by atoms with Crippen molar-refractivity contribution in [3.05, 3.63) is 45.2 Å². The molecule has 1 aromatic carbocycles. The van der Waals surface area contributed by atoms with Crippen LogP contribution < -0.4 is 5.69 Å². The minimum Gasteiger partial charge on any atom is -0.306 e. The van der Waals surface area contributed by atoms with Gasteiger partial charge in [0.15, 0.2) is 0 Å². The van der Waals surface area contributed by atoms with Crippen molar-refractivity contribution in [3.8, 4) is 16.5 Å². The van der Waals surface area contributed by atoms with E-state index in [-0.39, 0.29) is 11.7 Å².